The first kappa shape index (κ1) is 39.8. The zero-order valence-electron chi connectivity index (χ0n) is 32.6. The highest BCUT2D eigenvalue weighted by Crippen LogP contribution is 2.37. The standard InChI is InChI=1S/C41H54F2N8O5S/c1-26-3-2-4-35(26)51-38-29(23-34(37(42)43)40(51)54)24-44-41(47-38)45-30-13-21-50(22-14-30)57(55,56)25-27-11-17-48(18-12-27)32-15-19-49(20-16-32)31-7-5-28(6-8-31)33-9-10-36(52)46-39(33)53/h5-8,23-24,26-27,30,32-33,35,37H,2-4,9-22,25H2,1H3,(H,44,45,47)(H,46,52,53). The molecular weight excluding hydrogens is 755 g/mol. The van der Waals surface area contributed by atoms with Crippen molar-refractivity contribution in [1.82, 2.24) is 29.1 Å². The molecule has 308 valence electrons. The highest BCUT2D eigenvalue weighted by atomic mass is 32.2. The number of aromatic nitrogens is 3. The van der Waals surface area contributed by atoms with E-state index in [1.54, 1.807) is 4.31 Å². The second kappa shape index (κ2) is 16.7. The average molecular weight is 809 g/mol. The van der Waals surface area contributed by atoms with Crippen LogP contribution in [0.5, 0.6) is 0 Å². The van der Waals surface area contributed by atoms with E-state index in [1.807, 2.05) is 19.1 Å². The van der Waals surface area contributed by atoms with Crippen LogP contribution < -0.4 is 21.1 Å². The van der Waals surface area contributed by atoms with Crippen molar-refractivity contribution in [2.24, 2.45) is 11.8 Å². The van der Waals surface area contributed by atoms with Crippen LogP contribution in [0.15, 0.2) is 41.3 Å². The van der Waals surface area contributed by atoms with Crippen molar-refractivity contribution < 1.29 is 26.8 Å². The number of rotatable bonds is 10. The Bertz CT molecular complexity index is 2110. The third-order valence-electron chi connectivity index (χ3n) is 13.3. The van der Waals surface area contributed by atoms with Gasteiger partial charge in [0.1, 0.15) is 5.65 Å². The van der Waals surface area contributed by atoms with Gasteiger partial charge in [-0.1, -0.05) is 25.5 Å². The molecule has 5 fully saturated rings. The summed E-state index contributed by atoms with van der Waals surface area (Å²) in [5, 5.41) is 6.18. The number of carbonyl (C=O) groups is 2. The van der Waals surface area contributed by atoms with Gasteiger partial charge in [-0.05, 0) is 106 Å². The van der Waals surface area contributed by atoms with Crippen LogP contribution in [-0.2, 0) is 19.6 Å². The second-order valence-electron chi connectivity index (χ2n) is 16.9. The minimum Gasteiger partial charge on any atom is -0.371 e. The summed E-state index contributed by atoms with van der Waals surface area (Å²) in [5.41, 5.74) is 1.21. The molecule has 2 aromatic heterocycles. The molecule has 16 heteroatoms. The quantitative estimate of drug-likeness (QED) is 0.262. The fraction of sp³-hybridized carbons (Fsp3) is 0.634. The highest BCUT2D eigenvalue weighted by molar-refractivity contribution is 7.89. The molecule has 0 bridgehead atoms. The molecule has 0 radical (unpaired) electrons. The molecule has 3 unspecified atom stereocenters. The predicted octanol–water partition coefficient (Wildman–Crippen LogP) is 5.20. The number of alkyl halides is 2. The lowest BCUT2D eigenvalue weighted by molar-refractivity contribution is -0.134. The summed E-state index contributed by atoms with van der Waals surface area (Å²) in [7, 11) is -3.43. The van der Waals surface area contributed by atoms with Crippen molar-refractivity contribution in [3.8, 4) is 0 Å². The van der Waals surface area contributed by atoms with Crippen LogP contribution in [0.3, 0.4) is 0 Å². The molecule has 8 rings (SSSR count). The maximum atomic E-state index is 13.8. The van der Waals surface area contributed by atoms with Crippen molar-refractivity contribution in [2.45, 2.75) is 108 Å². The molecule has 1 aromatic carbocycles. The Morgan fingerprint density at radius 3 is 2.26 bits per heavy atom. The number of benzene rings is 1. The van der Waals surface area contributed by atoms with Crippen LogP contribution in [-0.4, -0.2) is 101 Å². The number of anilines is 2. The van der Waals surface area contributed by atoms with Gasteiger partial charge in [0.2, 0.25) is 27.8 Å². The molecule has 13 nitrogen and oxygen atoms in total. The van der Waals surface area contributed by atoms with Gasteiger partial charge in [0.15, 0.2) is 0 Å². The SMILES string of the molecule is CC1CCCC1n1c(=O)c(C(F)F)cc2cnc(NC3CCN(S(=O)(=O)CC4CCN(C5CCN(c6ccc(C7CCC(=O)NC7=O)cc6)CC5)CC4)CC3)nc21. The Morgan fingerprint density at radius 2 is 1.61 bits per heavy atom. The maximum absolute atomic E-state index is 13.8. The first-order chi connectivity index (χ1) is 27.4. The Hall–Kier alpha value is -4.02. The number of amides is 2. The first-order valence-corrected chi connectivity index (χ1v) is 22.4. The lowest BCUT2D eigenvalue weighted by Crippen LogP contribution is -2.49. The lowest BCUT2D eigenvalue weighted by atomic mass is 9.90. The van der Waals surface area contributed by atoms with Gasteiger partial charge >= 0.3 is 0 Å². The van der Waals surface area contributed by atoms with E-state index in [1.165, 1.54) is 16.8 Å². The van der Waals surface area contributed by atoms with Crippen LogP contribution in [0.4, 0.5) is 20.4 Å². The summed E-state index contributed by atoms with van der Waals surface area (Å²) in [4.78, 5) is 51.1. The number of sulfonamides is 1. The van der Waals surface area contributed by atoms with Gasteiger partial charge in [-0.15, -0.1) is 0 Å². The summed E-state index contributed by atoms with van der Waals surface area (Å²) >= 11 is 0. The van der Waals surface area contributed by atoms with Crippen molar-refractivity contribution in [3.05, 3.63) is 58.0 Å². The number of nitrogens with one attached hydrogen (secondary N) is 2. The summed E-state index contributed by atoms with van der Waals surface area (Å²) in [6, 6.07) is 9.60. The van der Waals surface area contributed by atoms with Crippen molar-refractivity contribution >= 4 is 44.5 Å². The molecule has 2 amide bonds. The summed E-state index contributed by atoms with van der Waals surface area (Å²) in [6.07, 6.45) is 7.07. The molecule has 1 aliphatic carbocycles. The van der Waals surface area contributed by atoms with Gasteiger partial charge in [0.25, 0.3) is 12.0 Å². The van der Waals surface area contributed by atoms with Crippen molar-refractivity contribution in [2.75, 3.05) is 55.2 Å². The van der Waals surface area contributed by atoms with Gasteiger partial charge in [-0.3, -0.25) is 24.3 Å². The second-order valence-corrected chi connectivity index (χ2v) is 18.9. The molecule has 3 aromatic rings. The van der Waals surface area contributed by atoms with Crippen LogP contribution in [0.25, 0.3) is 11.0 Å². The van der Waals surface area contributed by atoms with Crippen LogP contribution in [0.2, 0.25) is 0 Å². The zero-order chi connectivity index (χ0) is 39.8. The predicted molar refractivity (Wildman–Crippen MR) is 214 cm³/mol. The number of hydrogen-bond acceptors (Lipinski definition) is 10. The fourth-order valence-corrected chi connectivity index (χ4v) is 11.9. The van der Waals surface area contributed by atoms with Crippen molar-refractivity contribution in [3.63, 3.8) is 0 Å². The maximum Gasteiger partial charge on any atom is 0.269 e. The molecule has 4 aliphatic heterocycles. The van der Waals surface area contributed by atoms with Gasteiger partial charge < -0.3 is 15.1 Å². The summed E-state index contributed by atoms with van der Waals surface area (Å²) in [5.74, 6) is 0.0707. The summed E-state index contributed by atoms with van der Waals surface area (Å²) in [6.45, 7) is 6.52. The highest BCUT2D eigenvalue weighted by Gasteiger charge is 2.35. The molecule has 2 N–H and O–H groups in total. The molecule has 5 aliphatic rings. The third kappa shape index (κ3) is 8.59. The molecule has 1 saturated carbocycles. The Kier molecular flexibility index (Phi) is 11.6. The number of carbonyl (C=O) groups excluding carboxylic acids is 2. The molecular formula is C41H54F2N8O5S. The van der Waals surface area contributed by atoms with Gasteiger partial charge in [0, 0.05) is 68.0 Å². The number of pyridine rings is 1. The topological polar surface area (TPSA) is 150 Å². The van der Waals surface area contributed by atoms with E-state index in [4.69, 9.17) is 0 Å². The molecule has 57 heavy (non-hydrogen) atoms. The number of likely N-dealkylation sites (tertiary alicyclic amines) is 1. The fourth-order valence-electron chi connectivity index (χ4n) is 9.95. The largest absolute Gasteiger partial charge is 0.371 e. The van der Waals surface area contributed by atoms with Gasteiger partial charge in [-0.2, -0.15) is 4.98 Å². The van der Waals surface area contributed by atoms with E-state index >= 15 is 0 Å². The van der Waals surface area contributed by atoms with Gasteiger partial charge in [0.05, 0.1) is 17.2 Å². The number of nitrogens with zero attached hydrogens (tertiary/aromatic N) is 6. The number of piperidine rings is 4. The Morgan fingerprint density at radius 1 is 0.895 bits per heavy atom. The van der Waals surface area contributed by atoms with E-state index in [2.05, 4.69) is 42.5 Å². The number of halogens is 2. The molecule has 4 saturated heterocycles. The number of fused-ring (bicyclic) bond motifs is 1. The summed E-state index contributed by atoms with van der Waals surface area (Å²) < 4.78 is 57.9. The van der Waals surface area contributed by atoms with E-state index in [0.29, 0.717) is 61.8 Å². The Labute approximate surface area is 332 Å². The molecule has 0 spiro atoms. The minimum absolute atomic E-state index is 0.0633. The minimum atomic E-state index is -3.43. The van der Waals surface area contributed by atoms with Crippen LogP contribution in [0.1, 0.15) is 107 Å². The zero-order valence-corrected chi connectivity index (χ0v) is 33.4. The number of imide groups is 1. The molecule has 6 heterocycles. The normalized spacial score (nSPS) is 25.4. The van der Waals surface area contributed by atoms with Gasteiger partial charge in [-0.25, -0.2) is 26.5 Å². The number of hydrogen-bond donors (Lipinski definition) is 2. The van der Waals surface area contributed by atoms with Crippen LogP contribution >= 0.6 is 0 Å². The molecule has 3 atom stereocenters. The average Bonchev–Trinajstić information content (AvgIpc) is 3.63. The smallest absolute Gasteiger partial charge is 0.269 e. The van der Waals surface area contributed by atoms with E-state index in [9.17, 15) is 31.6 Å². The van der Waals surface area contributed by atoms with Crippen molar-refractivity contribution in [1.29, 1.82) is 0 Å². The van der Waals surface area contributed by atoms with E-state index < -0.39 is 27.6 Å². The van der Waals surface area contributed by atoms with Crippen LogP contribution in [0, 0.1) is 11.8 Å². The van der Waals surface area contributed by atoms with E-state index in [0.717, 1.165) is 82.4 Å². The van der Waals surface area contributed by atoms with E-state index in [-0.39, 0.29) is 47.4 Å². The monoisotopic (exact) mass is 808 g/mol. The third-order valence-corrected chi connectivity index (χ3v) is 15.4. The Balaban J connectivity index is 0.796. The lowest BCUT2D eigenvalue weighted by Gasteiger charge is -2.42. The first-order valence-electron chi connectivity index (χ1n) is 20.8.